The Kier molecular flexibility index (Phi) is 4.90. The van der Waals surface area contributed by atoms with Crippen molar-refractivity contribution in [2.75, 3.05) is 20.2 Å². The predicted molar refractivity (Wildman–Crippen MR) is 75.0 cm³/mol. The van der Waals surface area contributed by atoms with Crippen molar-refractivity contribution in [1.82, 2.24) is 10.2 Å². The first kappa shape index (κ1) is 15.4. The molecule has 0 radical (unpaired) electrons. The van der Waals surface area contributed by atoms with Gasteiger partial charge >= 0.3 is 0 Å². The second kappa shape index (κ2) is 6.67. The first-order valence-corrected chi connectivity index (χ1v) is 6.95. The Hall–Kier alpha value is -1.95. The lowest BCUT2D eigenvalue weighted by molar-refractivity contribution is -0.162. The molecule has 0 saturated carbocycles. The van der Waals surface area contributed by atoms with Gasteiger partial charge in [0, 0.05) is 19.2 Å². The van der Waals surface area contributed by atoms with E-state index in [1.807, 2.05) is 6.92 Å². The zero-order valence-corrected chi connectivity index (χ0v) is 12.1. The van der Waals surface area contributed by atoms with Crippen molar-refractivity contribution in [3.05, 3.63) is 35.6 Å². The van der Waals surface area contributed by atoms with Gasteiger partial charge in [-0.25, -0.2) is 4.39 Å². The predicted octanol–water partition coefficient (Wildman–Crippen LogP) is 1.25. The highest BCUT2D eigenvalue weighted by Crippen LogP contribution is 2.30. The molecule has 1 heterocycles. The van der Waals surface area contributed by atoms with Crippen LogP contribution < -0.4 is 5.32 Å². The molecule has 1 N–H and O–H groups in total. The summed E-state index contributed by atoms with van der Waals surface area (Å²) in [6.07, 6.45) is -0.117. The van der Waals surface area contributed by atoms with E-state index in [-0.39, 0.29) is 24.0 Å². The Labute approximate surface area is 123 Å². The van der Waals surface area contributed by atoms with Gasteiger partial charge in [0.1, 0.15) is 12.4 Å². The summed E-state index contributed by atoms with van der Waals surface area (Å²) in [6.45, 7) is 2.28. The van der Waals surface area contributed by atoms with Gasteiger partial charge in [0.25, 0.3) is 5.91 Å². The largest absolute Gasteiger partial charge is 0.356 e. The summed E-state index contributed by atoms with van der Waals surface area (Å²) in [5.74, 6) is -1.06. The van der Waals surface area contributed by atoms with Crippen LogP contribution in [0.3, 0.4) is 0 Å². The molecule has 2 atom stereocenters. The van der Waals surface area contributed by atoms with Gasteiger partial charge in [-0.1, -0.05) is 25.1 Å². The fourth-order valence-corrected chi connectivity index (χ4v) is 2.37. The van der Waals surface area contributed by atoms with Gasteiger partial charge in [-0.05, 0) is 12.5 Å². The summed E-state index contributed by atoms with van der Waals surface area (Å²) >= 11 is 0. The van der Waals surface area contributed by atoms with Crippen LogP contribution in [-0.4, -0.2) is 43.0 Å². The summed E-state index contributed by atoms with van der Waals surface area (Å²) in [7, 11) is 1.56. The molecular weight excluding hydrogens is 275 g/mol. The topological polar surface area (TPSA) is 58.6 Å². The van der Waals surface area contributed by atoms with Crippen molar-refractivity contribution in [3.8, 4) is 0 Å². The monoisotopic (exact) mass is 294 g/mol. The first-order chi connectivity index (χ1) is 10.1. The molecule has 1 aromatic carbocycles. The van der Waals surface area contributed by atoms with Crippen LogP contribution in [0.1, 0.15) is 24.9 Å². The number of amides is 2. The lowest BCUT2D eigenvalue weighted by Gasteiger charge is -2.38. The average Bonchev–Trinajstić information content (AvgIpc) is 2.48. The number of hydrogen-bond acceptors (Lipinski definition) is 3. The van der Waals surface area contributed by atoms with E-state index in [1.54, 1.807) is 25.2 Å². The number of nitrogens with zero attached hydrogens (tertiary/aromatic N) is 1. The molecule has 21 heavy (non-hydrogen) atoms. The lowest BCUT2D eigenvalue weighted by atomic mass is 9.97. The molecule has 5 nitrogen and oxygen atoms in total. The molecule has 1 aromatic rings. The van der Waals surface area contributed by atoms with Crippen LogP contribution in [0.2, 0.25) is 0 Å². The molecule has 0 spiro atoms. The van der Waals surface area contributed by atoms with Crippen molar-refractivity contribution in [2.45, 2.75) is 25.5 Å². The standard InChI is InChI=1S/C15H19FN2O3/c1-3-8-17-15(20)14-13(18(2)12(19)9-21-14)10-6-4-5-7-11(10)16/h4-7,13-14H,3,8-9H2,1-2H3,(H,17,20)/t13-,14+/m1/s1. The highest BCUT2D eigenvalue weighted by molar-refractivity contribution is 5.86. The number of carbonyl (C=O) groups excluding carboxylic acids is 2. The SMILES string of the molecule is CCCNC(=O)[C@H]1OCC(=O)N(C)[C@@H]1c1ccccc1F. The van der Waals surface area contributed by atoms with Crippen LogP contribution in [0.4, 0.5) is 4.39 Å². The average molecular weight is 294 g/mol. The third-order valence-corrected chi connectivity index (χ3v) is 3.52. The molecule has 2 amide bonds. The first-order valence-electron chi connectivity index (χ1n) is 6.95. The third-order valence-electron chi connectivity index (χ3n) is 3.52. The molecule has 0 aromatic heterocycles. The number of benzene rings is 1. The van der Waals surface area contributed by atoms with Crippen LogP contribution in [0.15, 0.2) is 24.3 Å². The summed E-state index contributed by atoms with van der Waals surface area (Å²) in [4.78, 5) is 25.4. The molecule has 1 fully saturated rings. The number of ether oxygens (including phenoxy) is 1. The number of nitrogens with one attached hydrogen (secondary N) is 1. The fraction of sp³-hybridized carbons (Fsp3) is 0.467. The van der Waals surface area contributed by atoms with Gasteiger partial charge in [0.05, 0.1) is 6.04 Å². The van der Waals surface area contributed by atoms with Gasteiger partial charge in [-0.3, -0.25) is 9.59 Å². The van der Waals surface area contributed by atoms with Gasteiger partial charge < -0.3 is 15.0 Å². The minimum atomic E-state index is -0.906. The summed E-state index contributed by atoms with van der Waals surface area (Å²) in [5, 5.41) is 2.73. The van der Waals surface area contributed by atoms with Crippen LogP contribution >= 0.6 is 0 Å². The van der Waals surface area contributed by atoms with Gasteiger partial charge in [0.2, 0.25) is 5.91 Å². The molecule has 0 bridgehead atoms. The molecular formula is C15H19FN2O3. The Bertz CT molecular complexity index is 535. The molecule has 1 aliphatic heterocycles. The molecule has 6 heteroatoms. The zero-order chi connectivity index (χ0) is 15.4. The van der Waals surface area contributed by atoms with Crippen molar-refractivity contribution >= 4 is 11.8 Å². The van der Waals surface area contributed by atoms with E-state index in [0.717, 1.165) is 6.42 Å². The molecule has 114 valence electrons. The van der Waals surface area contributed by atoms with Crippen molar-refractivity contribution < 1.29 is 18.7 Å². The van der Waals surface area contributed by atoms with E-state index < -0.39 is 18.0 Å². The van der Waals surface area contributed by atoms with E-state index in [9.17, 15) is 14.0 Å². The number of hydrogen-bond donors (Lipinski definition) is 1. The van der Waals surface area contributed by atoms with E-state index >= 15 is 0 Å². The van der Waals surface area contributed by atoms with E-state index in [4.69, 9.17) is 4.74 Å². The van der Waals surface area contributed by atoms with Gasteiger partial charge in [-0.15, -0.1) is 0 Å². The molecule has 0 aliphatic carbocycles. The Morgan fingerprint density at radius 3 is 2.86 bits per heavy atom. The molecule has 1 saturated heterocycles. The normalized spacial score (nSPS) is 22.2. The summed E-state index contributed by atoms with van der Waals surface area (Å²) < 4.78 is 19.4. The van der Waals surface area contributed by atoms with E-state index in [0.29, 0.717) is 6.54 Å². The lowest BCUT2D eigenvalue weighted by Crippen LogP contribution is -2.53. The van der Waals surface area contributed by atoms with Gasteiger partial charge in [-0.2, -0.15) is 0 Å². The van der Waals surface area contributed by atoms with Crippen LogP contribution in [0.25, 0.3) is 0 Å². The quantitative estimate of drug-likeness (QED) is 0.909. The Morgan fingerprint density at radius 2 is 2.19 bits per heavy atom. The van der Waals surface area contributed by atoms with E-state index in [1.165, 1.54) is 11.0 Å². The highest BCUT2D eigenvalue weighted by Gasteiger charge is 2.40. The molecule has 2 rings (SSSR count). The second-order valence-electron chi connectivity index (χ2n) is 4.99. The second-order valence-corrected chi connectivity index (χ2v) is 4.99. The summed E-state index contributed by atoms with van der Waals surface area (Å²) in [6, 6.07) is 5.36. The third kappa shape index (κ3) is 3.21. The summed E-state index contributed by atoms with van der Waals surface area (Å²) in [5.41, 5.74) is 0.282. The number of morpholine rings is 1. The maximum absolute atomic E-state index is 14.0. The van der Waals surface area contributed by atoms with Crippen molar-refractivity contribution in [2.24, 2.45) is 0 Å². The van der Waals surface area contributed by atoms with Crippen LogP contribution in [0.5, 0.6) is 0 Å². The van der Waals surface area contributed by atoms with Crippen molar-refractivity contribution in [1.29, 1.82) is 0 Å². The number of rotatable bonds is 4. The van der Waals surface area contributed by atoms with Gasteiger partial charge in [0.15, 0.2) is 6.10 Å². The van der Waals surface area contributed by atoms with E-state index in [2.05, 4.69) is 5.32 Å². The maximum Gasteiger partial charge on any atom is 0.251 e. The minimum absolute atomic E-state index is 0.175. The number of halogens is 1. The zero-order valence-electron chi connectivity index (χ0n) is 12.1. The molecule has 0 unspecified atom stereocenters. The smallest absolute Gasteiger partial charge is 0.251 e. The van der Waals surface area contributed by atoms with Crippen LogP contribution in [0, 0.1) is 5.82 Å². The Balaban J connectivity index is 2.32. The number of carbonyl (C=O) groups is 2. The number of likely N-dealkylation sites (N-methyl/N-ethyl adjacent to an activating group) is 1. The van der Waals surface area contributed by atoms with Crippen LogP contribution in [-0.2, 0) is 14.3 Å². The fourth-order valence-electron chi connectivity index (χ4n) is 2.37. The molecule has 1 aliphatic rings. The maximum atomic E-state index is 14.0. The highest BCUT2D eigenvalue weighted by atomic mass is 19.1. The minimum Gasteiger partial charge on any atom is -0.356 e. The Morgan fingerprint density at radius 1 is 1.48 bits per heavy atom. The van der Waals surface area contributed by atoms with Crippen molar-refractivity contribution in [3.63, 3.8) is 0 Å².